The molecule has 0 aliphatic heterocycles. The molecule has 0 unspecified atom stereocenters. The van der Waals surface area contributed by atoms with Crippen molar-refractivity contribution in [2.24, 2.45) is 0 Å². The van der Waals surface area contributed by atoms with E-state index >= 15 is 0 Å². The van der Waals surface area contributed by atoms with E-state index in [1.165, 1.54) is 11.3 Å². The highest BCUT2D eigenvalue weighted by Gasteiger charge is 2.18. The van der Waals surface area contributed by atoms with Gasteiger partial charge in [-0.2, -0.15) is 0 Å². The number of methoxy groups -OCH3 is 1. The highest BCUT2D eigenvalue weighted by molar-refractivity contribution is 7.21. The van der Waals surface area contributed by atoms with Crippen molar-refractivity contribution in [3.05, 3.63) is 57.4 Å². The molecule has 28 heavy (non-hydrogen) atoms. The number of aryl methyl sites for hydroxylation is 2. The van der Waals surface area contributed by atoms with Crippen LogP contribution in [-0.2, 0) is 4.79 Å². The van der Waals surface area contributed by atoms with E-state index in [1.807, 2.05) is 32.0 Å². The van der Waals surface area contributed by atoms with Gasteiger partial charge in [0, 0.05) is 10.1 Å². The standard InChI is InChI=1S/C20H19ClN2O4S/c1-11-4-7-15(12(2)8-11)27-10-17(24)22-23-20(25)19-18(21)14-6-5-13(26-3)9-16(14)28-19/h4-9H,10H2,1-3H3,(H,22,24)(H,23,25). The van der Waals surface area contributed by atoms with Crippen molar-refractivity contribution < 1.29 is 19.1 Å². The Morgan fingerprint density at radius 2 is 1.89 bits per heavy atom. The number of nitrogens with one attached hydrogen (secondary N) is 2. The van der Waals surface area contributed by atoms with Gasteiger partial charge in [-0.25, -0.2) is 0 Å². The predicted octanol–water partition coefficient (Wildman–Crippen LogP) is 4.02. The molecule has 1 aromatic heterocycles. The average molecular weight is 419 g/mol. The zero-order valence-electron chi connectivity index (χ0n) is 15.6. The van der Waals surface area contributed by atoms with E-state index in [0.29, 0.717) is 21.4 Å². The van der Waals surface area contributed by atoms with Gasteiger partial charge < -0.3 is 9.47 Å². The first-order valence-corrected chi connectivity index (χ1v) is 9.63. The fraction of sp³-hybridized carbons (Fsp3) is 0.200. The van der Waals surface area contributed by atoms with Crippen molar-refractivity contribution in [3.8, 4) is 11.5 Å². The van der Waals surface area contributed by atoms with E-state index in [0.717, 1.165) is 21.2 Å². The molecule has 0 atom stereocenters. The lowest BCUT2D eigenvalue weighted by Crippen LogP contribution is -2.43. The number of thiophene rings is 1. The molecule has 6 nitrogen and oxygen atoms in total. The molecular formula is C20H19ClN2O4S. The highest BCUT2D eigenvalue weighted by atomic mass is 35.5. The fourth-order valence-electron chi connectivity index (χ4n) is 2.64. The van der Waals surface area contributed by atoms with Crippen LogP contribution >= 0.6 is 22.9 Å². The van der Waals surface area contributed by atoms with Gasteiger partial charge in [-0.3, -0.25) is 20.4 Å². The number of fused-ring (bicyclic) bond motifs is 1. The van der Waals surface area contributed by atoms with Gasteiger partial charge in [0.1, 0.15) is 16.4 Å². The molecule has 0 spiro atoms. The second-order valence-corrected chi connectivity index (χ2v) is 7.60. The van der Waals surface area contributed by atoms with Crippen molar-refractivity contribution >= 4 is 44.8 Å². The number of amides is 2. The molecule has 8 heteroatoms. The molecule has 0 aliphatic carbocycles. The largest absolute Gasteiger partial charge is 0.497 e. The summed E-state index contributed by atoms with van der Waals surface area (Å²) >= 11 is 7.53. The third kappa shape index (κ3) is 4.37. The number of hydrazine groups is 1. The predicted molar refractivity (Wildman–Crippen MR) is 110 cm³/mol. The minimum atomic E-state index is -0.495. The van der Waals surface area contributed by atoms with Gasteiger partial charge in [0.2, 0.25) is 0 Å². The first-order valence-electron chi connectivity index (χ1n) is 8.44. The second kappa shape index (κ2) is 8.50. The zero-order valence-corrected chi connectivity index (χ0v) is 17.2. The van der Waals surface area contributed by atoms with Crippen LogP contribution in [0.25, 0.3) is 10.1 Å². The third-order valence-electron chi connectivity index (χ3n) is 4.05. The van der Waals surface area contributed by atoms with Gasteiger partial charge in [-0.05, 0) is 43.7 Å². The Kier molecular flexibility index (Phi) is 6.06. The molecule has 0 saturated carbocycles. The van der Waals surface area contributed by atoms with Crippen LogP contribution in [0.2, 0.25) is 5.02 Å². The molecule has 0 saturated heterocycles. The minimum absolute atomic E-state index is 0.221. The van der Waals surface area contributed by atoms with Gasteiger partial charge >= 0.3 is 0 Å². The minimum Gasteiger partial charge on any atom is -0.497 e. The summed E-state index contributed by atoms with van der Waals surface area (Å²) in [6, 6.07) is 11.0. The lowest BCUT2D eigenvalue weighted by molar-refractivity contribution is -0.123. The van der Waals surface area contributed by atoms with E-state index in [9.17, 15) is 9.59 Å². The highest BCUT2D eigenvalue weighted by Crippen LogP contribution is 2.37. The number of benzene rings is 2. The normalized spacial score (nSPS) is 10.6. The number of halogens is 1. The number of rotatable bonds is 5. The smallest absolute Gasteiger partial charge is 0.281 e. The summed E-state index contributed by atoms with van der Waals surface area (Å²) in [4.78, 5) is 24.7. The average Bonchev–Trinajstić information content (AvgIpc) is 3.01. The van der Waals surface area contributed by atoms with Crippen LogP contribution in [-0.4, -0.2) is 25.5 Å². The molecule has 1 heterocycles. The van der Waals surface area contributed by atoms with Gasteiger partial charge in [0.05, 0.1) is 12.1 Å². The molecule has 146 valence electrons. The van der Waals surface area contributed by atoms with Crippen LogP contribution in [0.3, 0.4) is 0 Å². The van der Waals surface area contributed by atoms with Crippen molar-refractivity contribution in [1.29, 1.82) is 0 Å². The maximum absolute atomic E-state index is 12.4. The SMILES string of the molecule is COc1ccc2c(Cl)c(C(=O)NNC(=O)COc3ccc(C)cc3C)sc2c1. The first kappa shape index (κ1) is 20.0. The maximum atomic E-state index is 12.4. The molecule has 0 bridgehead atoms. The lowest BCUT2D eigenvalue weighted by Gasteiger charge is -2.10. The molecule has 0 aliphatic rings. The van der Waals surface area contributed by atoms with E-state index in [2.05, 4.69) is 10.9 Å². The summed E-state index contributed by atoms with van der Waals surface area (Å²) in [6.45, 7) is 3.66. The van der Waals surface area contributed by atoms with Gasteiger partial charge in [0.15, 0.2) is 6.61 Å². The zero-order chi connectivity index (χ0) is 20.3. The number of ether oxygens (including phenoxy) is 2. The van der Waals surface area contributed by atoms with Gasteiger partial charge in [0.25, 0.3) is 11.8 Å². The Labute approximate surface area is 171 Å². The van der Waals surface area contributed by atoms with Crippen LogP contribution < -0.4 is 20.3 Å². The van der Waals surface area contributed by atoms with Gasteiger partial charge in [-0.15, -0.1) is 11.3 Å². The van der Waals surface area contributed by atoms with E-state index in [1.54, 1.807) is 25.3 Å². The molecule has 2 amide bonds. The first-order chi connectivity index (χ1) is 13.4. The molecule has 0 radical (unpaired) electrons. The van der Waals surface area contributed by atoms with Crippen molar-refractivity contribution in [2.45, 2.75) is 13.8 Å². The van der Waals surface area contributed by atoms with E-state index in [4.69, 9.17) is 21.1 Å². The van der Waals surface area contributed by atoms with Crippen molar-refractivity contribution in [1.82, 2.24) is 10.9 Å². The number of carbonyl (C=O) groups is 2. The van der Waals surface area contributed by atoms with Crippen molar-refractivity contribution in [2.75, 3.05) is 13.7 Å². The second-order valence-electron chi connectivity index (χ2n) is 6.17. The third-order valence-corrected chi connectivity index (χ3v) is 5.70. The lowest BCUT2D eigenvalue weighted by atomic mass is 10.1. The number of carbonyl (C=O) groups excluding carboxylic acids is 2. The van der Waals surface area contributed by atoms with E-state index in [-0.39, 0.29) is 6.61 Å². The topological polar surface area (TPSA) is 76.7 Å². The summed E-state index contributed by atoms with van der Waals surface area (Å²) in [6.07, 6.45) is 0. The Morgan fingerprint density at radius 3 is 2.61 bits per heavy atom. The molecule has 2 aromatic carbocycles. The summed E-state index contributed by atoms with van der Waals surface area (Å²) < 4.78 is 11.5. The Hall–Kier alpha value is -2.77. The molecule has 3 rings (SSSR count). The Morgan fingerprint density at radius 1 is 1.11 bits per heavy atom. The van der Waals surface area contributed by atoms with Crippen molar-refractivity contribution in [3.63, 3.8) is 0 Å². The molecular weight excluding hydrogens is 400 g/mol. The molecule has 2 N–H and O–H groups in total. The summed E-state index contributed by atoms with van der Waals surface area (Å²) in [5, 5.41) is 1.09. The summed E-state index contributed by atoms with van der Waals surface area (Å²) in [7, 11) is 1.57. The summed E-state index contributed by atoms with van der Waals surface area (Å²) in [5.41, 5.74) is 6.75. The van der Waals surface area contributed by atoms with Gasteiger partial charge in [-0.1, -0.05) is 29.3 Å². The Bertz CT molecular complexity index is 1050. The van der Waals surface area contributed by atoms with Crippen LogP contribution in [0.15, 0.2) is 36.4 Å². The maximum Gasteiger partial charge on any atom is 0.281 e. The van der Waals surface area contributed by atoms with Crippen LogP contribution in [0.1, 0.15) is 20.8 Å². The van der Waals surface area contributed by atoms with Crippen LogP contribution in [0.5, 0.6) is 11.5 Å². The quantitative estimate of drug-likeness (QED) is 0.613. The van der Waals surface area contributed by atoms with Crippen LogP contribution in [0, 0.1) is 13.8 Å². The summed E-state index contributed by atoms with van der Waals surface area (Å²) in [5.74, 6) is 0.320. The van der Waals surface area contributed by atoms with Crippen LogP contribution in [0.4, 0.5) is 0 Å². The number of hydrogen-bond acceptors (Lipinski definition) is 5. The number of hydrogen-bond donors (Lipinski definition) is 2. The molecule has 0 fully saturated rings. The van der Waals surface area contributed by atoms with E-state index < -0.39 is 11.8 Å². The monoisotopic (exact) mass is 418 g/mol. The Balaban J connectivity index is 1.59. The fourth-order valence-corrected chi connectivity index (χ4v) is 4.08. The molecule has 3 aromatic rings.